The minimum Gasteiger partial charge on any atom is -0.393 e. The zero-order chi connectivity index (χ0) is 10.5. The van der Waals surface area contributed by atoms with Gasteiger partial charge < -0.3 is 5.11 Å². The molecule has 0 saturated heterocycles. The Morgan fingerprint density at radius 3 is 2.87 bits per heavy atom. The van der Waals surface area contributed by atoms with Crippen molar-refractivity contribution in [2.24, 2.45) is 17.3 Å². The van der Waals surface area contributed by atoms with Crippen LogP contribution in [-0.2, 0) is 4.79 Å². The van der Waals surface area contributed by atoms with Gasteiger partial charge in [-0.15, -0.1) is 0 Å². The van der Waals surface area contributed by atoms with E-state index in [0.717, 1.165) is 19.3 Å². The van der Waals surface area contributed by atoms with Gasteiger partial charge in [0, 0.05) is 11.8 Å². The van der Waals surface area contributed by atoms with Gasteiger partial charge in [0.25, 0.3) is 0 Å². The highest BCUT2D eigenvalue weighted by atomic mass is 16.3. The molecule has 82 valence electrons. The summed E-state index contributed by atoms with van der Waals surface area (Å²) in [4.78, 5) is 12.0. The van der Waals surface area contributed by atoms with Gasteiger partial charge >= 0.3 is 0 Å². The predicted molar refractivity (Wildman–Crippen MR) is 57.3 cm³/mol. The minimum atomic E-state index is -0.360. The molecule has 3 rings (SSSR count). The molecular weight excluding hydrogens is 188 g/mol. The van der Waals surface area contributed by atoms with Gasteiger partial charge in [0.1, 0.15) is 5.78 Å². The summed E-state index contributed by atoms with van der Waals surface area (Å²) in [6.07, 6.45) is 9.80. The molecule has 0 aromatic rings. The lowest BCUT2D eigenvalue weighted by Gasteiger charge is -2.20. The molecule has 0 aromatic heterocycles. The van der Waals surface area contributed by atoms with Crippen LogP contribution in [0.5, 0.6) is 0 Å². The zero-order valence-corrected chi connectivity index (χ0v) is 8.98. The summed E-state index contributed by atoms with van der Waals surface area (Å²) in [6.45, 7) is 0. The van der Waals surface area contributed by atoms with Crippen LogP contribution in [0.15, 0.2) is 12.2 Å². The van der Waals surface area contributed by atoms with Crippen molar-refractivity contribution in [1.82, 2.24) is 0 Å². The molecule has 3 unspecified atom stereocenters. The smallest absolute Gasteiger partial charge is 0.141 e. The Labute approximate surface area is 90.4 Å². The van der Waals surface area contributed by atoms with Crippen LogP contribution in [0.1, 0.15) is 38.5 Å². The van der Waals surface area contributed by atoms with Crippen LogP contribution >= 0.6 is 0 Å². The Bertz CT molecular complexity index is 320. The van der Waals surface area contributed by atoms with Gasteiger partial charge in [-0.05, 0) is 43.9 Å². The first-order chi connectivity index (χ1) is 7.20. The van der Waals surface area contributed by atoms with Crippen LogP contribution in [0, 0.1) is 17.3 Å². The largest absolute Gasteiger partial charge is 0.393 e. The van der Waals surface area contributed by atoms with Crippen LogP contribution in [-0.4, -0.2) is 17.0 Å². The first-order valence-electron chi connectivity index (χ1n) is 6.08. The summed E-state index contributed by atoms with van der Waals surface area (Å²) >= 11 is 0. The molecule has 0 bridgehead atoms. The van der Waals surface area contributed by atoms with Gasteiger partial charge in [-0.2, -0.15) is 0 Å². The standard InChI is InChI=1S/C13H18O2/c14-11-5-12(15)13(8-11)6-9-3-1-2-4-10(9)7-13/h1,3,9-11,14H,2,4-8H2/t9?,10?,11-,13?/m0/s1. The quantitative estimate of drug-likeness (QED) is 0.616. The average Bonchev–Trinajstić information content (AvgIpc) is 2.67. The van der Waals surface area contributed by atoms with Crippen molar-refractivity contribution in [3.05, 3.63) is 12.2 Å². The molecule has 2 saturated carbocycles. The summed E-state index contributed by atoms with van der Waals surface area (Å²) < 4.78 is 0. The second kappa shape index (κ2) is 3.18. The number of allylic oxidation sites excluding steroid dienone is 2. The van der Waals surface area contributed by atoms with Crippen molar-refractivity contribution in [1.29, 1.82) is 0 Å². The number of carbonyl (C=O) groups is 1. The van der Waals surface area contributed by atoms with Crippen molar-refractivity contribution in [3.63, 3.8) is 0 Å². The highest BCUT2D eigenvalue weighted by Crippen LogP contribution is 2.55. The lowest BCUT2D eigenvalue weighted by molar-refractivity contribution is -0.125. The van der Waals surface area contributed by atoms with Gasteiger partial charge in [0.15, 0.2) is 0 Å². The number of carbonyl (C=O) groups excluding carboxylic acids is 1. The maximum atomic E-state index is 12.0. The Morgan fingerprint density at radius 1 is 1.33 bits per heavy atom. The van der Waals surface area contributed by atoms with E-state index in [1.165, 1.54) is 12.8 Å². The number of aliphatic hydroxyl groups excluding tert-OH is 1. The minimum absolute atomic E-state index is 0.135. The van der Waals surface area contributed by atoms with Crippen LogP contribution in [0.2, 0.25) is 0 Å². The van der Waals surface area contributed by atoms with Crippen molar-refractivity contribution in [2.45, 2.75) is 44.6 Å². The number of rotatable bonds is 0. The number of hydrogen-bond acceptors (Lipinski definition) is 2. The third-order valence-electron chi connectivity index (χ3n) is 4.61. The predicted octanol–water partition coefficient (Wildman–Crippen LogP) is 2.07. The van der Waals surface area contributed by atoms with E-state index in [2.05, 4.69) is 12.2 Å². The molecule has 2 nitrogen and oxygen atoms in total. The fraction of sp³-hybridized carbons (Fsp3) is 0.769. The highest BCUT2D eigenvalue weighted by molar-refractivity contribution is 5.88. The van der Waals surface area contributed by atoms with Crippen molar-refractivity contribution in [2.75, 3.05) is 0 Å². The number of hydrogen-bond donors (Lipinski definition) is 1. The van der Waals surface area contributed by atoms with E-state index in [-0.39, 0.29) is 11.5 Å². The first kappa shape index (κ1) is 9.59. The summed E-state index contributed by atoms with van der Waals surface area (Å²) in [5.74, 6) is 1.66. The summed E-state index contributed by atoms with van der Waals surface area (Å²) in [7, 11) is 0. The van der Waals surface area contributed by atoms with Gasteiger partial charge in [0.2, 0.25) is 0 Å². The van der Waals surface area contributed by atoms with E-state index in [4.69, 9.17) is 0 Å². The lowest BCUT2D eigenvalue weighted by Crippen LogP contribution is -2.22. The van der Waals surface area contributed by atoms with Gasteiger partial charge in [-0.3, -0.25) is 4.79 Å². The molecule has 2 fully saturated rings. The number of ketones is 1. The molecule has 0 aliphatic heterocycles. The summed E-state index contributed by atoms with van der Waals surface area (Å²) in [5, 5.41) is 9.62. The van der Waals surface area contributed by atoms with Crippen molar-refractivity contribution in [3.8, 4) is 0 Å². The fourth-order valence-corrected chi connectivity index (χ4v) is 3.94. The SMILES string of the molecule is O=C1C[C@H](O)CC12CC1C=CCCC1C2. The van der Waals surface area contributed by atoms with E-state index in [1.54, 1.807) is 0 Å². The zero-order valence-electron chi connectivity index (χ0n) is 8.98. The fourth-order valence-electron chi connectivity index (χ4n) is 3.94. The molecule has 4 atom stereocenters. The van der Waals surface area contributed by atoms with E-state index in [9.17, 15) is 9.90 Å². The maximum Gasteiger partial charge on any atom is 0.141 e. The maximum absolute atomic E-state index is 12.0. The molecule has 0 amide bonds. The Kier molecular flexibility index (Phi) is 2.03. The molecule has 3 aliphatic rings. The van der Waals surface area contributed by atoms with E-state index >= 15 is 0 Å². The average molecular weight is 206 g/mol. The third kappa shape index (κ3) is 1.38. The number of fused-ring (bicyclic) bond motifs is 1. The Hall–Kier alpha value is -0.630. The van der Waals surface area contributed by atoms with Crippen LogP contribution in [0.3, 0.4) is 0 Å². The molecule has 2 heteroatoms. The molecule has 0 heterocycles. The van der Waals surface area contributed by atoms with Gasteiger partial charge in [0.05, 0.1) is 6.10 Å². The highest BCUT2D eigenvalue weighted by Gasteiger charge is 2.53. The molecule has 0 aromatic carbocycles. The summed E-state index contributed by atoms with van der Waals surface area (Å²) in [6, 6.07) is 0. The van der Waals surface area contributed by atoms with Gasteiger partial charge in [-0.1, -0.05) is 12.2 Å². The molecular formula is C13H18O2. The van der Waals surface area contributed by atoms with Crippen LogP contribution in [0.4, 0.5) is 0 Å². The normalized spacial score (nSPS) is 48.9. The second-order valence-corrected chi connectivity index (χ2v) is 5.60. The van der Waals surface area contributed by atoms with Crippen molar-refractivity contribution >= 4 is 5.78 Å². The van der Waals surface area contributed by atoms with Crippen LogP contribution < -0.4 is 0 Å². The second-order valence-electron chi connectivity index (χ2n) is 5.60. The Balaban J connectivity index is 1.85. The monoisotopic (exact) mass is 206 g/mol. The van der Waals surface area contributed by atoms with E-state index < -0.39 is 0 Å². The first-order valence-corrected chi connectivity index (χ1v) is 6.08. The number of Topliss-reactive ketones (excluding diaryl/α,β-unsaturated/α-hetero) is 1. The van der Waals surface area contributed by atoms with E-state index in [1.807, 2.05) is 0 Å². The van der Waals surface area contributed by atoms with E-state index in [0.29, 0.717) is 24.0 Å². The number of aliphatic hydroxyl groups is 1. The molecule has 3 aliphatic carbocycles. The molecule has 15 heavy (non-hydrogen) atoms. The third-order valence-corrected chi connectivity index (χ3v) is 4.61. The lowest BCUT2D eigenvalue weighted by atomic mass is 9.82. The van der Waals surface area contributed by atoms with Crippen molar-refractivity contribution < 1.29 is 9.90 Å². The topological polar surface area (TPSA) is 37.3 Å². The summed E-state index contributed by atoms with van der Waals surface area (Å²) in [5.41, 5.74) is -0.135. The Morgan fingerprint density at radius 2 is 2.20 bits per heavy atom. The molecule has 0 radical (unpaired) electrons. The molecule has 1 N–H and O–H groups in total. The van der Waals surface area contributed by atoms with Crippen LogP contribution in [0.25, 0.3) is 0 Å². The van der Waals surface area contributed by atoms with Gasteiger partial charge in [-0.25, -0.2) is 0 Å². The molecule has 1 spiro atoms.